The van der Waals surface area contributed by atoms with Gasteiger partial charge in [-0.25, -0.2) is 9.52 Å². The molecule has 8 heteroatoms. The lowest BCUT2D eigenvalue weighted by Gasteiger charge is -2.30. The summed E-state index contributed by atoms with van der Waals surface area (Å²) in [5.74, 6) is -1.08. The lowest BCUT2D eigenvalue weighted by atomic mass is 10.1. The van der Waals surface area contributed by atoms with Crippen LogP contribution in [-0.4, -0.2) is 39.7 Å². The summed E-state index contributed by atoms with van der Waals surface area (Å²) in [5, 5.41) is 9.02. The number of fused-ring (bicyclic) bond motifs is 1. The average Bonchev–Trinajstić information content (AvgIpc) is 2.37. The first-order valence-corrected chi connectivity index (χ1v) is 6.61. The SMILES string of the molecule is CNS(=O)(=O)N1CCOc2c(C(=O)O)cccc21. The molecule has 0 spiro atoms. The first-order valence-electron chi connectivity index (χ1n) is 5.17. The predicted molar refractivity (Wildman–Crippen MR) is 64.2 cm³/mol. The van der Waals surface area contributed by atoms with Gasteiger partial charge in [0.25, 0.3) is 0 Å². The molecule has 98 valence electrons. The molecule has 0 atom stereocenters. The van der Waals surface area contributed by atoms with Crippen molar-refractivity contribution < 1.29 is 23.1 Å². The Morgan fingerprint density at radius 1 is 1.50 bits per heavy atom. The van der Waals surface area contributed by atoms with Gasteiger partial charge in [-0.3, -0.25) is 4.31 Å². The molecular weight excluding hydrogens is 260 g/mol. The minimum absolute atomic E-state index is 0.0523. The van der Waals surface area contributed by atoms with Gasteiger partial charge in [-0.1, -0.05) is 6.07 Å². The number of carbonyl (C=O) groups is 1. The molecule has 0 radical (unpaired) electrons. The molecular formula is C10H12N2O5S. The minimum Gasteiger partial charge on any atom is -0.489 e. The Hall–Kier alpha value is -1.80. The predicted octanol–water partition coefficient (Wildman–Crippen LogP) is 0.0478. The van der Waals surface area contributed by atoms with E-state index in [1.165, 1.54) is 25.2 Å². The number of carboxylic acids is 1. The van der Waals surface area contributed by atoms with Crippen molar-refractivity contribution in [1.29, 1.82) is 0 Å². The Bertz CT molecular complexity index is 584. The molecule has 0 saturated heterocycles. The number of aromatic carboxylic acids is 1. The van der Waals surface area contributed by atoms with E-state index < -0.39 is 16.2 Å². The first-order chi connectivity index (χ1) is 8.47. The van der Waals surface area contributed by atoms with Crippen LogP contribution in [0, 0.1) is 0 Å². The lowest BCUT2D eigenvalue weighted by molar-refractivity contribution is 0.0692. The molecule has 18 heavy (non-hydrogen) atoms. The number of para-hydroxylation sites is 1. The van der Waals surface area contributed by atoms with Crippen LogP contribution in [0.4, 0.5) is 5.69 Å². The molecule has 0 amide bonds. The van der Waals surface area contributed by atoms with E-state index in [0.717, 1.165) is 4.31 Å². The van der Waals surface area contributed by atoms with Crippen LogP contribution in [0.5, 0.6) is 5.75 Å². The van der Waals surface area contributed by atoms with Crippen molar-refractivity contribution in [3.63, 3.8) is 0 Å². The third-order valence-corrected chi connectivity index (χ3v) is 4.06. The van der Waals surface area contributed by atoms with Gasteiger partial charge in [-0.05, 0) is 12.1 Å². The van der Waals surface area contributed by atoms with Gasteiger partial charge in [0.05, 0.1) is 12.2 Å². The van der Waals surface area contributed by atoms with E-state index in [1.54, 1.807) is 0 Å². The fourth-order valence-electron chi connectivity index (χ4n) is 1.75. The molecule has 1 heterocycles. The highest BCUT2D eigenvalue weighted by molar-refractivity contribution is 7.90. The summed E-state index contributed by atoms with van der Waals surface area (Å²) in [4.78, 5) is 11.0. The topological polar surface area (TPSA) is 95.9 Å². The summed E-state index contributed by atoms with van der Waals surface area (Å²) in [6, 6.07) is 4.36. The number of hydrogen-bond acceptors (Lipinski definition) is 4. The van der Waals surface area contributed by atoms with Crippen molar-refractivity contribution in [3.8, 4) is 5.75 Å². The van der Waals surface area contributed by atoms with E-state index in [0.29, 0.717) is 0 Å². The summed E-state index contributed by atoms with van der Waals surface area (Å²) in [7, 11) is -2.37. The summed E-state index contributed by atoms with van der Waals surface area (Å²) in [6.07, 6.45) is 0. The number of anilines is 1. The molecule has 1 aliphatic heterocycles. The quantitative estimate of drug-likeness (QED) is 0.810. The normalized spacial score (nSPS) is 14.8. The van der Waals surface area contributed by atoms with Crippen LogP contribution in [-0.2, 0) is 10.2 Å². The van der Waals surface area contributed by atoms with Gasteiger partial charge in [0.2, 0.25) is 0 Å². The van der Waals surface area contributed by atoms with Crippen molar-refractivity contribution in [2.75, 3.05) is 24.5 Å². The molecule has 7 nitrogen and oxygen atoms in total. The van der Waals surface area contributed by atoms with Crippen LogP contribution in [0.2, 0.25) is 0 Å². The van der Waals surface area contributed by atoms with E-state index in [4.69, 9.17) is 9.84 Å². The third kappa shape index (κ3) is 2.00. The summed E-state index contributed by atoms with van der Waals surface area (Å²) >= 11 is 0. The highest BCUT2D eigenvalue weighted by Crippen LogP contribution is 2.35. The van der Waals surface area contributed by atoms with E-state index in [1.807, 2.05) is 0 Å². The highest BCUT2D eigenvalue weighted by Gasteiger charge is 2.30. The maximum Gasteiger partial charge on any atom is 0.339 e. The van der Waals surface area contributed by atoms with Crippen LogP contribution < -0.4 is 13.8 Å². The van der Waals surface area contributed by atoms with E-state index in [9.17, 15) is 13.2 Å². The number of rotatable bonds is 3. The first kappa shape index (κ1) is 12.7. The van der Waals surface area contributed by atoms with Gasteiger partial charge >= 0.3 is 16.2 Å². The van der Waals surface area contributed by atoms with Crippen molar-refractivity contribution in [2.45, 2.75) is 0 Å². The van der Waals surface area contributed by atoms with E-state index >= 15 is 0 Å². The molecule has 1 aromatic rings. The Morgan fingerprint density at radius 3 is 2.83 bits per heavy atom. The van der Waals surface area contributed by atoms with Gasteiger partial charge in [0.15, 0.2) is 5.75 Å². The number of benzene rings is 1. The smallest absolute Gasteiger partial charge is 0.339 e. The zero-order valence-corrected chi connectivity index (χ0v) is 10.4. The summed E-state index contributed by atoms with van der Waals surface area (Å²) in [6.45, 7) is 0.247. The van der Waals surface area contributed by atoms with Crippen molar-refractivity contribution >= 4 is 21.9 Å². The molecule has 2 rings (SSSR count). The molecule has 1 aliphatic rings. The van der Waals surface area contributed by atoms with Gasteiger partial charge in [-0.15, -0.1) is 0 Å². The molecule has 2 N–H and O–H groups in total. The van der Waals surface area contributed by atoms with E-state index in [-0.39, 0.29) is 30.2 Å². The number of nitrogens with zero attached hydrogens (tertiary/aromatic N) is 1. The second-order valence-electron chi connectivity index (χ2n) is 3.59. The number of ether oxygens (including phenoxy) is 1. The Labute approximate surface area is 104 Å². The zero-order valence-electron chi connectivity index (χ0n) is 9.58. The monoisotopic (exact) mass is 272 g/mol. The molecule has 0 unspecified atom stereocenters. The Balaban J connectivity index is 2.58. The minimum atomic E-state index is -3.67. The van der Waals surface area contributed by atoms with Gasteiger partial charge in [0.1, 0.15) is 12.2 Å². The summed E-state index contributed by atoms with van der Waals surface area (Å²) in [5.41, 5.74) is 0.180. The third-order valence-electron chi connectivity index (χ3n) is 2.58. The van der Waals surface area contributed by atoms with Crippen LogP contribution in [0.1, 0.15) is 10.4 Å². The largest absolute Gasteiger partial charge is 0.489 e. The fourth-order valence-corrected chi connectivity index (χ4v) is 2.69. The highest BCUT2D eigenvalue weighted by atomic mass is 32.2. The maximum atomic E-state index is 11.8. The second-order valence-corrected chi connectivity index (χ2v) is 5.39. The van der Waals surface area contributed by atoms with Crippen molar-refractivity contribution in [2.24, 2.45) is 0 Å². The number of hydrogen-bond donors (Lipinski definition) is 2. The molecule has 0 aromatic heterocycles. The van der Waals surface area contributed by atoms with Gasteiger partial charge in [0, 0.05) is 7.05 Å². The molecule has 0 saturated carbocycles. The molecule has 1 aromatic carbocycles. The zero-order chi connectivity index (χ0) is 13.3. The Kier molecular flexibility index (Phi) is 3.14. The van der Waals surface area contributed by atoms with Gasteiger partial charge in [-0.2, -0.15) is 8.42 Å². The van der Waals surface area contributed by atoms with Crippen LogP contribution >= 0.6 is 0 Å². The average molecular weight is 272 g/mol. The van der Waals surface area contributed by atoms with Crippen molar-refractivity contribution in [3.05, 3.63) is 23.8 Å². The van der Waals surface area contributed by atoms with Crippen LogP contribution in [0.25, 0.3) is 0 Å². The molecule has 0 bridgehead atoms. The second kappa shape index (κ2) is 4.46. The summed E-state index contributed by atoms with van der Waals surface area (Å²) < 4.78 is 32.2. The van der Waals surface area contributed by atoms with Crippen LogP contribution in [0.15, 0.2) is 18.2 Å². The number of carboxylic acid groups (broad SMARTS) is 1. The fraction of sp³-hybridized carbons (Fsp3) is 0.300. The molecule has 0 fully saturated rings. The van der Waals surface area contributed by atoms with Crippen molar-refractivity contribution in [1.82, 2.24) is 4.72 Å². The lowest BCUT2D eigenvalue weighted by Crippen LogP contribution is -2.43. The van der Waals surface area contributed by atoms with Crippen LogP contribution in [0.3, 0.4) is 0 Å². The van der Waals surface area contributed by atoms with Gasteiger partial charge < -0.3 is 9.84 Å². The Morgan fingerprint density at radius 2 is 2.22 bits per heavy atom. The maximum absolute atomic E-state index is 11.8. The molecule has 0 aliphatic carbocycles. The number of nitrogens with one attached hydrogen (secondary N) is 1. The standard InChI is InChI=1S/C10H12N2O5S/c1-11-18(15,16)12-5-6-17-9-7(10(13)14)3-2-4-8(9)12/h2-4,11H,5-6H2,1H3,(H,13,14). The van der Waals surface area contributed by atoms with E-state index in [2.05, 4.69) is 4.72 Å².